The Morgan fingerprint density at radius 1 is 1.29 bits per heavy atom. The van der Waals surface area contributed by atoms with Crippen LogP contribution in [-0.2, 0) is 12.8 Å². The smallest absolute Gasteiger partial charge is 0.151 e. The summed E-state index contributed by atoms with van der Waals surface area (Å²) in [5.74, 6) is 0. The second-order valence-electron chi connectivity index (χ2n) is 3.57. The minimum Gasteiger partial charge on any atom is -0.298 e. The van der Waals surface area contributed by atoms with E-state index in [2.05, 4.69) is 19.2 Å². The quantitative estimate of drug-likeness (QED) is 0.652. The van der Waals surface area contributed by atoms with Gasteiger partial charge in [-0.05, 0) is 30.2 Å². The molecule has 1 heterocycles. The molecule has 0 bridgehead atoms. The molecule has 1 rings (SSSR count). The molecule has 0 aliphatic rings. The van der Waals surface area contributed by atoms with Gasteiger partial charge in [-0.2, -0.15) is 0 Å². The topological polar surface area (TPSA) is 17.1 Å². The summed E-state index contributed by atoms with van der Waals surface area (Å²) in [5.41, 5.74) is 2.24. The minimum atomic E-state index is 0.977. The van der Waals surface area contributed by atoms with Gasteiger partial charge in [0.15, 0.2) is 6.29 Å². The monoisotopic (exact) mass is 210 g/mol. The number of hydrogen-bond acceptors (Lipinski definition) is 2. The molecule has 0 spiro atoms. The molecule has 0 fully saturated rings. The molecule has 0 N–H and O–H groups in total. The highest BCUT2D eigenvalue weighted by molar-refractivity contribution is 7.10. The van der Waals surface area contributed by atoms with Gasteiger partial charge in [-0.25, -0.2) is 0 Å². The average molecular weight is 210 g/mol. The Balaban J connectivity index is 2.78. The van der Waals surface area contributed by atoms with Crippen LogP contribution in [0.4, 0.5) is 0 Å². The summed E-state index contributed by atoms with van der Waals surface area (Å²) in [6.45, 7) is 4.33. The molecule has 0 aromatic carbocycles. The van der Waals surface area contributed by atoms with Crippen molar-refractivity contribution in [2.75, 3.05) is 0 Å². The van der Waals surface area contributed by atoms with E-state index in [-0.39, 0.29) is 0 Å². The van der Waals surface area contributed by atoms with Crippen molar-refractivity contribution >= 4 is 17.6 Å². The lowest BCUT2D eigenvalue weighted by Gasteiger charge is -1.99. The molecule has 1 aromatic heterocycles. The highest BCUT2D eigenvalue weighted by Crippen LogP contribution is 2.24. The van der Waals surface area contributed by atoms with Gasteiger partial charge in [-0.1, -0.05) is 26.7 Å². The molecule has 0 aliphatic carbocycles. The predicted octanol–water partition coefficient (Wildman–Crippen LogP) is 3.86. The van der Waals surface area contributed by atoms with Crippen LogP contribution < -0.4 is 0 Å². The first kappa shape index (κ1) is 11.4. The standard InChI is InChI=1S/C12H18OS/c1-3-5-7-10-9-14-12(6-4-2)11(10)8-13/h8-9H,3-7H2,1-2H3. The molecule has 0 unspecified atom stereocenters. The molecular formula is C12H18OS. The van der Waals surface area contributed by atoms with Crippen molar-refractivity contribution in [2.24, 2.45) is 0 Å². The summed E-state index contributed by atoms with van der Waals surface area (Å²) >= 11 is 1.74. The SMILES string of the molecule is CCCCc1csc(CCC)c1C=O. The van der Waals surface area contributed by atoms with E-state index in [0.29, 0.717) is 0 Å². The molecule has 14 heavy (non-hydrogen) atoms. The van der Waals surface area contributed by atoms with Gasteiger partial charge < -0.3 is 0 Å². The van der Waals surface area contributed by atoms with Crippen molar-refractivity contribution in [2.45, 2.75) is 46.0 Å². The summed E-state index contributed by atoms with van der Waals surface area (Å²) in [4.78, 5) is 12.2. The van der Waals surface area contributed by atoms with Crippen LogP contribution in [0.1, 0.15) is 53.9 Å². The Labute approximate surface area is 90.2 Å². The molecule has 0 atom stereocenters. The van der Waals surface area contributed by atoms with Gasteiger partial charge in [0.25, 0.3) is 0 Å². The van der Waals surface area contributed by atoms with Gasteiger partial charge in [0.05, 0.1) is 0 Å². The lowest BCUT2D eigenvalue weighted by Crippen LogP contribution is -1.92. The number of aldehydes is 1. The zero-order valence-corrected chi connectivity index (χ0v) is 9.82. The van der Waals surface area contributed by atoms with Crippen molar-refractivity contribution in [1.29, 1.82) is 0 Å². The van der Waals surface area contributed by atoms with Crippen molar-refractivity contribution < 1.29 is 4.79 Å². The number of rotatable bonds is 6. The molecule has 0 aliphatic heterocycles. The van der Waals surface area contributed by atoms with E-state index in [0.717, 1.165) is 31.1 Å². The number of aryl methyl sites for hydroxylation is 2. The van der Waals surface area contributed by atoms with Crippen LogP contribution in [0.15, 0.2) is 5.38 Å². The van der Waals surface area contributed by atoms with E-state index in [1.54, 1.807) is 11.3 Å². The van der Waals surface area contributed by atoms with Crippen LogP contribution in [0.2, 0.25) is 0 Å². The van der Waals surface area contributed by atoms with Gasteiger partial charge in [0.1, 0.15) is 0 Å². The van der Waals surface area contributed by atoms with Crippen LogP contribution in [0.5, 0.6) is 0 Å². The van der Waals surface area contributed by atoms with Gasteiger partial charge >= 0.3 is 0 Å². The van der Waals surface area contributed by atoms with Crippen LogP contribution in [-0.4, -0.2) is 6.29 Å². The summed E-state index contributed by atoms with van der Waals surface area (Å²) in [5, 5.41) is 2.16. The van der Waals surface area contributed by atoms with Gasteiger partial charge in [0, 0.05) is 10.4 Å². The summed E-state index contributed by atoms with van der Waals surface area (Å²) in [6, 6.07) is 0. The molecule has 1 aromatic rings. The zero-order valence-electron chi connectivity index (χ0n) is 9.01. The Bertz CT molecular complexity index is 289. The molecule has 2 heteroatoms. The summed E-state index contributed by atoms with van der Waals surface area (Å²) in [7, 11) is 0. The number of hydrogen-bond donors (Lipinski definition) is 0. The molecule has 0 saturated carbocycles. The van der Waals surface area contributed by atoms with E-state index in [9.17, 15) is 4.79 Å². The van der Waals surface area contributed by atoms with E-state index < -0.39 is 0 Å². The summed E-state index contributed by atoms with van der Waals surface area (Å²) in [6.07, 6.45) is 6.64. The van der Waals surface area contributed by atoms with E-state index in [1.807, 2.05) is 0 Å². The largest absolute Gasteiger partial charge is 0.298 e. The Kier molecular flexibility index (Phi) is 4.88. The van der Waals surface area contributed by atoms with Crippen LogP contribution >= 0.6 is 11.3 Å². The Hall–Kier alpha value is -0.630. The number of thiophene rings is 1. The maximum absolute atomic E-state index is 11.0. The highest BCUT2D eigenvalue weighted by atomic mass is 32.1. The first-order valence-electron chi connectivity index (χ1n) is 5.37. The number of unbranched alkanes of at least 4 members (excludes halogenated alkanes) is 1. The normalized spacial score (nSPS) is 10.4. The van der Waals surface area contributed by atoms with Crippen LogP contribution in [0.3, 0.4) is 0 Å². The lowest BCUT2D eigenvalue weighted by molar-refractivity contribution is 0.112. The third-order valence-electron chi connectivity index (χ3n) is 2.38. The van der Waals surface area contributed by atoms with E-state index in [4.69, 9.17) is 0 Å². The predicted molar refractivity (Wildman–Crippen MR) is 62.3 cm³/mol. The molecule has 1 nitrogen and oxygen atoms in total. The molecule has 0 radical (unpaired) electrons. The first-order valence-corrected chi connectivity index (χ1v) is 6.25. The van der Waals surface area contributed by atoms with Crippen molar-refractivity contribution in [3.63, 3.8) is 0 Å². The van der Waals surface area contributed by atoms with Gasteiger partial charge in [-0.15, -0.1) is 11.3 Å². The fourth-order valence-electron chi connectivity index (χ4n) is 1.57. The van der Waals surface area contributed by atoms with Crippen molar-refractivity contribution in [3.05, 3.63) is 21.4 Å². The highest BCUT2D eigenvalue weighted by Gasteiger charge is 2.09. The number of carbonyl (C=O) groups is 1. The average Bonchev–Trinajstić information content (AvgIpc) is 2.58. The van der Waals surface area contributed by atoms with Crippen LogP contribution in [0.25, 0.3) is 0 Å². The van der Waals surface area contributed by atoms with Crippen molar-refractivity contribution in [3.8, 4) is 0 Å². The third kappa shape index (κ3) is 2.68. The summed E-state index contributed by atoms with van der Waals surface area (Å²) < 4.78 is 0. The second-order valence-corrected chi connectivity index (χ2v) is 4.53. The maximum atomic E-state index is 11.0. The van der Waals surface area contributed by atoms with E-state index >= 15 is 0 Å². The van der Waals surface area contributed by atoms with Crippen molar-refractivity contribution in [1.82, 2.24) is 0 Å². The molecule has 78 valence electrons. The lowest BCUT2D eigenvalue weighted by atomic mass is 10.0. The van der Waals surface area contributed by atoms with E-state index in [1.165, 1.54) is 23.3 Å². The minimum absolute atomic E-state index is 0.977. The Morgan fingerprint density at radius 3 is 2.64 bits per heavy atom. The molecule has 0 amide bonds. The first-order chi connectivity index (χ1) is 6.83. The fraction of sp³-hybridized carbons (Fsp3) is 0.583. The molecule has 0 saturated heterocycles. The maximum Gasteiger partial charge on any atom is 0.151 e. The number of carbonyl (C=O) groups excluding carboxylic acids is 1. The fourth-order valence-corrected chi connectivity index (χ4v) is 2.73. The third-order valence-corrected chi connectivity index (χ3v) is 3.50. The molecular weight excluding hydrogens is 192 g/mol. The van der Waals surface area contributed by atoms with Gasteiger partial charge in [0.2, 0.25) is 0 Å². The van der Waals surface area contributed by atoms with Crippen LogP contribution in [0, 0.1) is 0 Å². The zero-order chi connectivity index (χ0) is 10.4. The second kappa shape index (κ2) is 5.97. The van der Waals surface area contributed by atoms with Gasteiger partial charge in [-0.3, -0.25) is 4.79 Å². The Morgan fingerprint density at radius 2 is 2.07 bits per heavy atom.